The van der Waals surface area contributed by atoms with Crippen molar-refractivity contribution in [1.82, 2.24) is 9.80 Å². The number of aliphatic hydroxyl groups excluding tert-OH is 1. The van der Waals surface area contributed by atoms with Gasteiger partial charge in [0.1, 0.15) is 0 Å². The average Bonchev–Trinajstić information content (AvgIpc) is 3.03. The van der Waals surface area contributed by atoms with E-state index in [0.717, 1.165) is 25.2 Å². The van der Waals surface area contributed by atoms with Crippen molar-refractivity contribution < 1.29 is 5.11 Å². The zero-order chi connectivity index (χ0) is 16.8. The Hall–Kier alpha value is -1.68. The van der Waals surface area contributed by atoms with Crippen molar-refractivity contribution in [2.45, 2.75) is 19.1 Å². The lowest BCUT2D eigenvalue weighted by Crippen LogP contribution is -2.31. The van der Waals surface area contributed by atoms with E-state index in [0.29, 0.717) is 12.5 Å². The van der Waals surface area contributed by atoms with E-state index in [4.69, 9.17) is 0 Å². The maximum absolute atomic E-state index is 10.4. The zero-order valence-corrected chi connectivity index (χ0v) is 14.5. The van der Waals surface area contributed by atoms with E-state index in [1.807, 2.05) is 30.3 Å². The highest BCUT2D eigenvalue weighted by Crippen LogP contribution is 2.20. The maximum Gasteiger partial charge on any atom is 0.0916 e. The second-order valence-electron chi connectivity index (χ2n) is 7.02. The Kier molecular flexibility index (Phi) is 6.02. The third-order valence-electron chi connectivity index (χ3n) is 4.86. The summed E-state index contributed by atoms with van der Waals surface area (Å²) in [6.07, 6.45) is 0.844. The normalized spacial score (nSPS) is 19.7. The van der Waals surface area contributed by atoms with Gasteiger partial charge >= 0.3 is 0 Å². The standard InChI is InChI=1S/C21H28N2O/c1-22(17-21(24)20-10-6-3-7-11-20)14-19-12-13-23(16-19)15-18-8-4-2-5-9-18/h2-11,19,21,24H,12-17H2,1H3. The second-order valence-corrected chi connectivity index (χ2v) is 7.02. The van der Waals surface area contributed by atoms with Gasteiger partial charge in [0.05, 0.1) is 6.10 Å². The topological polar surface area (TPSA) is 26.7 Å². The molecule has 1 N–H and O–H groups in total. The van der Waals surface area contributed by atoms with Crippen molar-refractivity contribution in [2.24, 2.45) is 5.92 Å². The van der Waals surface area contributed by atoms with Gasteiger partial charge in [0.2, 0.25) is 0 Å². The molecule has 0 saturated carbocycles. The van der Waals surface area contributed by atoms with E-state index in [1.165, 1.54) is 18.5 Å². The fourth-order valence-corrected chi connectivity index (χ4v) is 3.64. The van der Waals surface area contributed by atoms with Gasteiger partial charge in [-0.3, -0.25) is 4.90 Å². The van der Waals surface area contributed by atoms with Crippen LogP contribution < -0.4 is 0 Å². The summed E-state index contributed by atoms with van der Waals surface area (Å²) in [5, 5.41) is 10.4. The van der Waals surface area contributed by atoms with Gasteiger partial charge in [-0.1, -0.05) is 60.7 Å². The highest BCUT2D eigenvalue weighted by atomic mass is 16.3. The largest absolute Gasteiger partial charge is 0.387 e. The van der Waals surface area contributed by atoms with Gasteiger partial charge in [-0.25, -0.2) is 0 Å². The van der Waals surface area contributed by atoms with Crippen LogP contribution in [0.4, 0.5) is 0 Å². The van der Waals surface area contributed by atoms with Gasteiger partial charge in [-0.15, -0.1) is 0 Å². The molecule has 0 aliphatic carbocycles. The Morgan fingerprint density at radius 1 is 1.08 bits per heavy atom. The molecular weight excluding hydrogens is 296 g/mol. The summed E-state index contributed by atoms with van der Waals surface area (Å²) < 4.78 is 0. The van der Waals surface area contributed by atoms with E-state index < -0.39 is 6.10 Å². The maximum atomic E-state index is 10.4. The fourth-order valence-electron chi connectivity index (χ4n) is 3.64. The van der Waals surface area contributed by atoms with E-state index in [-0.39, 0.29) is 0 Å². The molecule has 2 aromatic carbocycles. The third kappa shape index (κ3) is 4.91. The lowest BCUT2D eigenvalue weighted by Gasteiger charge is -2.24. The van der Waals surface area contributed by atoms with Crippen LogP contribution in [0.1, 0.15) is 23.7 Å². The molecule has 24 heavy (non-hydrogen) atoms. The minimum atomic E-state index is -0.405. The SMILES string of the molecule is CN(CC1CCN(Cc2ccccc2)C1)CC(O)c1ccccc1. The Bertz CT molecular complexity index is 602. The molecule has 0 bridgehead atoms. The molecule has 1 saturated heterocycles. The van der Waals surface area contributed by atoms with Crippen molar-refractivity contribution in [1.29, 1.82) is 0 Å². The Morgan fingerprint density at radius 3 is 2.46 bits per heavy atom. The van der Waals surface area contributed by atoms with Crippen molar-refractivity contribution in [3.05, 3.63) is 71.8 Å². The quantitative estimate of drug-likeness (QED) is 0.847. The number of nitrogens with zero attached hydrogens (tertiary/aromatic N) is 2. The summed E-state index contributed by atoms with van der Waals surface area (Å²) in [5.41, 5.74) is 2.40. The predicted molar refractivity (Wildman–Crippen MR) is 98.7 cm³/mol. The van der Waals surface area contributed by atoms with Crippen molar-refractivity contribution in [3.63, 3.8) is 0 Å². The molecule has 0 aromatic heterocycles. The minimum absolute atomic E-state index is 0.405. The van der Waals surface area contributed by atoms with E-state index in [1.54, 1.807) is 0 Å². The molecule has 2 atom stereocenters. The molecule has 3 nitrogen and oxygen atoms in total. The highest BCUT2D eigenvalue weighted by molar-refractivity contribution is 5.17. The van der Waals surface area contributed by atoms with Crippen molar-refractivity contribution in [2.75, 3.05) is 33.2 Å². The lowest BCUT2D eigenvalue weighted by molar-refractivity contribution is 0.118. The number of rotatable bonds is 7. The van der Waals surface area contributed by atoms with Crippen LogP contribution in [0.2, 0.25) is 0 Å². The first kappa shape index (κ1) is 17.2. The Labute approximate surface area is 145 Å². The third-order valence-corrected chi connectivity index (χ3v) is 4.86. The molecule has 1 aliphatic heterocycles. The van der Waals surface area contributed by atoms with E-state index >= 15 is 0 Å². The molecule has 1 aliphatic rings. The number of likely N-dealkylation sites (N-methyl/N-ethyl adjacent to an activating group) is 1. The Morgan fingerprint density at radius 2 is 1.75 bits per heavy atom. The lowest BCUT2D eigenvalue weighted by atomic mass is 10.1. The van der Waals surface area contributed by atoms with Crippen molar-refractivity contribution >= 4 is 0 Å². The Balaban J connectivity index is 1.43. The smallest absolute Gasteiger partial charge is 0.0916 e. The summed E-state index contributed by atoms with van der Waals surface area (Å²) in [5.74, 6) is 0.696. The first-order chi connectivity index (χ1) is 11.7. The van der Waals surface area contributed by atoms with Crippen LogP contribution >= 0.6 is 0 Å². The summed E-state index contributed by atoms with van der Waals surface area (Å²) in [6, 6.07) is 20.6. The molecule has 2 unspecified atom stereocenters. The first-order valence-electron chi connectivity index (χ1n) is 8.88. The van der Waals surface area contributed by atoms with Crippen LogP contribution in [-0.2, 0) is 6.54 Å². The van der Waals surface area contributed by atoms with Gasteiger partial charge in [-0.05, 0) is 37.1 Å². The monoisotopic (exact) mass is 324 g/mol. The molecule has 128 valence electrons. The predicted octanol–water partition coefficient (Wildman–Crippen LogP) is 3.17. The van der Waals surface area contributed by atoms with Crippen LogP contribution in [0.3, 0.4) is 0 Å². The molecule has 0 radical (unpaired) electrons. The molecule has 1 heterocycles. The second kappa shape index (κ2) is 8.43. The fraction of sp³-hybridized carbons (Fsp3) is 0.429. The number of hydrogen-bond acceptors (Lipinski definition) is 3. The molecular formula is C21H28N2O. The summed E-state index contributed by atoms with van der Waals surface area (Å²) in [6.45, 7) is 5.12. The molecule has 0 spiro atoms. The summed E-state index contributed by atoms with van der Waals surface area (Å²) >= 11 is 0. The molecule has 3 rings (SSSR count). The number of likely N-dealkylation sites (tertiary alicyclic amines) is 1. The van der Waals surface area contributed by atoms with E-state index in [9.17, 15) is 5.11 Å². The highest BCUT2D eigenvalue weighted by Gasteiger charge is 2.24. The van der Waals surface area contributed by atoms with Gasteiger partial charge in [-0.2, -0.15) is 0 Å². The van der Waals surface area contributed by atoms with Gasteiger partial charge < -0.3 is 10.0 Å². The molecule has 0 amide bonds. The van der Waals surface area contributed by atoms with Gasteiger partial charge in [0.15, 0.2) is 0 Å². The van der Waals surface area contributed by atoms with Crippen LogP contribution in [-0.4, -0.2) is 48.1 Å². The van der Waals surface area contributed by atoms with Crippen LogP contribution in [0, 0.1) is 5.92 Å². The van der Waals surface area contributed by atoms with Gasteiger partial charge in [0.25, 0.3) is 0 Å². The zero-order valence-electron chi connectivity index (χ0n) is 14.5. The van der Waals surface area contributed by atoms with E-state index in [2.05, 4.69) is 47.2 Å². The minimum Gasteiger partial charge on any atom is -0.387 e. The summed E-state index contributed by atoms with van der Waals surface area (Å²) in [4.78, 5) is 4.82. The molecule has 3 heteroatoms. The number of benzene rings is 2. The molecule has 2 aromatic rings. The first-order valence-corrected chi connectivity index (χ1v) is 8.88. The summed E-state index contributed by atoms with van der Waals surface area (Å²) in [7, 11) is 2.12. The van der Waals surface area contributed by atoms with Crippen LogP contribution in [0.5, 0.6) is 0 Å². The average molecular weight is 324 g/mol. The van der Waals surface area contributed by atoms with Crippen molar-refractivity contribution in [3.8, 4) is 0 Å². The van der Waals surface area contributed by atoms with Crippen LogP contribution in [0.15, 0.2) is 60.7 Å². The van der Waals surface area contributed by atoms with Gasteiger partial charge in [0, 0.05) is 26.2 Å². The number of aliphatic hydroxyl groups is 1. The van der Waals surface area contributed by atoms with Crippen LogP contribution in [0.25, 0.3) is 0 Å². The molecule has 1 fully saturated rings. The number of hydrogen-bond donors (Lipinski definition) is 1.